The van der Waals surface area contributed by atoms with Crippen LogP contribution in [0.25, 0.3) is 10.9 Å². The molecule has 7 heteroatoms. The SMILES string of the molecule is CC[C@@H](C)Oc1ccc(Cl)cc1C=Nn1c(C)nc2ccc(Br)cc2c1=O. The molecule has 0 fully saturated rings. The second kappa shape index (κ2) is 8.23. The molecule has 2 aromatic carbocycles. The highest BCUT2D eigenvalue weighted by Crippen LogP contribution is 2.23. The predicted molar refractivity (Wildman–Crippen MR) is 113 cm³/mol. The fraction of sp³-hybridized carbons (Fsp3) is 0.250. The lowest BCUT2D eigenvalue weighted by Crippen LogP contribution is -2.20. The van der Waals surface area contributed by atoms with Crippen LogP contribution in [0, 0.1) is 6.92 Å². The van der Waals surface area contributed by atoms with Gasteiger partial charge in [0.05, 0.1) is 23.2 Å². The number of nitrogens with zero attached hydrogens (tertiary/aromatic N) is 3. The first-order chi connectivity index (χ1) is 12.9. The molecule has 27 heavy (non-hydrogen) atoms. The Labute approximate surface area is 170 Å². The van der Waals surface area contributed by atoms with Crippen molar-refractivity contribution in [3.05, 3.63) is 67.6 Å². The van der Waals surface area contributed by atoms with Gasteiger partial charge in [0.1, 0.15) is 11.6 Å². The molecular formula is C20H19BrClN3O2. The third-order valence-corrected chi connectivity index (χ3v) is 4.89. The molecule has 1 heterocycles. The zero-order chi connectivity index (χ0) is 19.6. The van der Waals surface area contributed by atoms with Crippen molar-refractivity contribution in [2.75, 3.05) is 0 Å². The third kappa shape index (κ3) is 4.39. The van der Waals surface area contributed by atoms with Crippen LogP contribution in [-0.2, 0) is 0 Å². The van der Waals surface area contributed by atoms with E-state index in [9.17, 15) is 4.79 Å². The Hall–Kier alpha value is -2.18. The number of ether oxygens (including phenoxy) is 1. The zero-order valence-electron chi connectivity index (χ0n) is 15.2. The summed E-state index contributed by atoms with van der Waals surface area (Å²) in [7, 11) is 0. The number of aryl methyl sites for hydroxylation is 1. The monoisotopic (exact) mass is 447 g/mol. The Morgan fingerprint density at radius 3 is 2.85 bits per heavy atom. The summed E-state index contributed by atoms with van der Waals surface area (Å²) in [6.07, 6.45) is 2.51. The topological polar surface area (TPSA) is 56.5 Å². The normalized spacial score (nSPS) is 12.6. The molecule has 1 aromatic heterocycles. The highest BCUT2D eigenvalue weighted by Gasteiger charge is 2.10. The minimum atomic E-state index is -0.235. The van der Waals surface area contributed by atoms with Crippen molar-refractivity contribution < 1.29 is 4.74 Å². The second-order valence-electron chi connectivity index (χ2n) is 6.20. The molecule has 0 saturated heterocycles. The lowest BCUT2D eigenvalue weighted by Gasteiger charge is -2.14. The molecule has 0 amide bonds. The summed E-state index contributed by atoms with van der Waals surface area (Å²) in [6, 6.07) is 10.7. The van der Waals surface area contributed by atoms with E-state index in [0.29, 0.717) is 33.1 Å². The number of halogens is 2. The molecule has 0 spiro atoms. The maximum atomic E-state index is 12.8. The molecule has 0 radical (unpaired) electrons. The van der Waals surface area contributed by atoms with Crippen LogP contribution in [0.4, 0.5) is 0 Å². The first kappa shape index (κ1) is 19.6. The van der Waals surface area contributed by atoms with Crippen molar-refractivity contribution in [1.29, 1.82) is 0 Å². The van der Waals surface area contributed by atoms with Crippen molar-refractivity contribution in [1.82, 2.24) is 9.66 Å². The minimum Gasteiger partial charge on any atom is -0.490 e. The summed E-state index contributed by atoms with van der Waals surface area (Å²) in [4.78, 5) is 17.3. The number of benzene rings is 2. The average molecular weight is 449 g/mol. The highest BCUT2D eigenvalue weighted by atomic mass is 79.9. The van der Waals surface area contributed by atoms with Crippen LogP contribution < -0.4 is 10.3 Å². The van der Waals surface area contributed by atoms with Gasteiger partial charge in [0.15, 0.2) is 0 Å². The predicted octanol–water partition coefficient (Wildman–Crippen LogP) is 5.18. The average Bonchev–Trinajstić information content (AvgIpc) is 2.64. The van der Waals surface area contributed by atoms with Crippen molar-refractivity contribution in [2.45, 2.75) is 33.3 Å². The summed E-state index contributed by atoms with van der Waals surface area (Å²) in [5.74, 6) is 1.16. The number of hydrogen-bond acceptors (Lipinski definition) is 4. The van der Waals surface area contributed by atoms with Crippen LogP contribution >= 0.6 is 27.5 Å². The van der Waals surface area contributed by atoms with E-state index in [0.717, 1.165) is 10.9 Å². The van der Waals surface area contributed by atoms with Gasteiger partial charge in [-0.3, -0.25) is 4.79 Å². The van der Waals surface area contributed by atoms with Gasteiger partial charge in [-0.15, -0.1) is 0 Å². The Kier molecular flexibility index (Phi) is 5.97. The van der Waals surface area contributed by atoms with Crippen LogP contribution in [0.3, 0.4) is 0 Å². The first-order valence-corrected chi connectivity index (χ1v) is 9.75. The van der Waals surface area contributed by atoms with Gasteiger partial charge in [-0.25, -0.2) is 4.98 Å². The molecule has 3 aromatic rings. The number of hydrogen-bond donors (Lipinski definition) is 0. The van der Waals surface area contributed by atoms with E-state index in [1.54, 1.807) is 43.5 Å². The van der Waals surface area contributed by atoms with Crippen LogP contribution in [0.1, 0.15) is 31.7 Å². The molecule has 0 N–H and O–H groups in total. The Morgan fingerprint density at radius 2 is 2.11 bits per heavy atom. The third-order valence-electron chi connectivity index (χ3n) is 4.16. The maximum absolute atomic E-state index is 12.8. The molecule has 0 saturated carbocycles. The molecule has 0 unspecified atom stereocenters. The van der Waals surface area contributed by atoms with Gasteiger partial charge in [-0.05, 0) is 56.7 Å². The van der Waals surface area contributed by atoms with Gasteiger partial charge in [-0.1, -0.05) is 34.5 Å². The number of aromatic nitrogens is 2. The molecule has 0 bridgehead atoms. The van der Waals surface area contributed by atoms with Crippen molar-refractivity contribution in [2.24, 2.45) is 5.10 Å². The van der Waals surface area contributed by atoms with Gasteiger partial charge < -0.3 is 4.74 Å². The molecular weight excluding hydrogens is 430 g/mol. The van der Waals surface area contributed by atoms with Crippen molar-refractivity contribution in [3.8, 4) is 5.75 Å². The molecule has 5 nitrogen and oxygen atoms in total. The van der Waals surface area contributed by atoms with Crippen molar-refractivity contribution >= 4 is 44.6 Å². The fourth-order valence-electron chi connectivity index (χ4n) is 2.54. The Morgan fingerprint density at radius 1 is 1.33 bits per heavy atom. The van der Waals surface area contributed by atoms with Gasteiger partial charge >= 0.3 is 0 Å². The van der Waals surface area contributed by atoms with E-state index in [-0.39, 0.29) is 11.7 Å². The van der Waals surface area contributed by atoms with Gasteiger partial charge in [0, 0.05) is 15.1 Å². The standard InChI is InChI=1S/C20H19BrClN3O2/c1-4-12(2)27-19-8-6-16(22)9-14(19)11-23-25-13(3)24-18-7-5-15(21)10-17(18)20(25)26/h5-12H,4H2,1-3H3/t12-/m1/s1. The summed E-state index contributed by atoms with van der Waals surface area (Å²) < 4.78 is 8.02. The summed E-state index contributed by atoms with van der Waals surface area (Å²) >= 11 is 9.51. The van der Waals surface area contributed by atoms with E-state index in [4.69, 9.17) is 16.3 Å². The molecule has 0 aliphatic carbocycles. The molecule has 0 aliphatic rings. The quantitative estimate of drug-likeness (QED) is 0.505. The largest absolute Gasteiger partial charge is 0.490 e. The number of rotatable bonds is 5. The minimum absolute atomic E-state index is 0.0578. The maximum Gasteiger partial charge on any atom is 0.282 e. The van der Waals surface area contributed by atoms with Crippen LogP contribution in [0.5, 0.6) is 5.75 Å². The molecule has 140 valence electrons. The fourth-order valence-corrected chi connectivity index (χ4v) is 3.08. The summed E-state index contributed by atoms with van der Waals surface area (Å²) in [5.41, 5.74) is 1.10. The van der Waals surface area contributed by atoms with E-state index < -0.39 is 0 Å². The van der Waals surface area contributed by atoms with E-state index in [2.05, 4.69) is 32.9 Å². The van der Waals surface area contributed by atoms with Crippen LogP contribution in [0.2, 0.25) is 5.02 Å². The van der Waals surface area contributed by atoms with E-state index in [1.807, 2.05) is 13.0 Å². The second-order valence-corrected chi connectivity index (χ2v) is 7.55. The van der Waals surface area contributed by atoms with Gasteiger partial charge in [0.2, 0.25) is 0 Å². The lowest BCUT2D eigenvalue weighted by atomic mass is 10.2. The first-order valence-electron chi connectivity index (χ1n) is 8.58. The summed E-state index contributed by atoms with van der Waals surface area (Å²) in [6.45, 7) is 5.79. The zero-order valence-corrected chi connectivity index (χ0v) is 17.6. The number of fused-ring (bicyclic) bond motifs is 1. The van der Waals surface area contributed by atoms with E-state index >= 15 is 0 Å². The van der Waals surface area contributed by atoms with E-state index in [1.165, 1.54) is 4.68 Å². The Bertz CT molecular complexity index is 1080. The van der Waals surface area contributed by atoms with Crippen LogP contribution in [0.15, 0.2) is 50.8 Å². The highest BCUT2D eigenvalue weighted by molar-refractivity contribution is 9.10. The summed E-state index contributed by atoms with van der Waals surface area (Å²) in [5, 5.41) is 5.41. The van der Waals surface area contributed by atoms with Gasteiger partial charge in [0.25, 0.3) is 5.56 Å². The molecule has 3 rings (SSSR count). The smallest absolute Gasteiger partial charge is 0.282 e. The van der Waals surface area contributed by atoms with Crippen molar-refractivity contribution in [3.63, 3.8) is 0 Å². The van der Waals surface area contributed by atoms with Crippen LogP contribution in [-0.4, -0.2) is 22.0 Å². The lowest BCUT2D eigenvalue weighted by molar-refractivity contribution is 0.217. The Balaban J connectivity index is 2.06. The molecule has 1 atom stereocenters. The van der Waals surface area contributed by atoms with Gasteiger partial charge in [-0.2, -0.15) is 9.78 Å². The molecule has 0 aliphatic heterocycles.